The van der Waals surface area contributed by atoms with Gasteiger partial charge in [-0.1, -0.05) is 85.0 Å². The van der Waals surface area contributed by atoms with Crippen LogP contribution in [-0.2, 0) is 0 Å². The number of rotatable bonds is 8. The van der Waals surface area contributed by atoms with Crippen LogP contribution in [0.2, 0.25) is 0 Å². The summed E-state index contributed by atoms with van der Waals surface area (Å²) in [5.41, 5.74) is 0. The minimum absolute atomic E-state index is 0.946. The highest BCUT2D eigenvalue weighted by atomic mass is 14.2. The summed E-state index contributed by atoms with van der Waals surface area (Å²) in [6, 6.07) is 0. The maximum Gasteiger partial charge on any atom is -0.0414 e. The van der Waals surface area contributed by atoms with E-state index in [0.29, 0.717) is 0 Å². The van der Waals surface area contributed by atoms with Crippen molar-refractivity contribution in [1.82, 2.24) is 0 Å². The summed E-state index contributed by atoms with van der Waals surface area (Å²) in [5.74, 6) is 3.02. The second-order valence-electron chi connectivity index (χ2n) is 6.28. The van der Waals surface area contributed by atoms with Crippen LogP contribution in [0, 0.1) is 17.8 Å². The molecule has 0 spiro atoms. The van der Waals surface area contributed by atoms with Crippen LogP contribution in [0.25, 0.3) is 0 Å². The molecule has 1 aliphatic carbocycles. The fraction of sp³-hybridized carbons (Fsp3) is 1.00. The third kappa shape index (κ3) is 5.92. The Hall–Kier alpha value is 0. The van der Waals surface area contributed by atoms with Gasteiger partial charge in [0.15, 0.2) is 0 Å². The molecule has 1 aliphatic rings. The molecule has 96 valence electrons. The van der Waals surface area contributed by atoms with Gasteiger partial charge in [-0.25, -0.2) is 0 Å². The highest BCUT2D eigenvalue weighted by Gasteiger charge is 2.15. The molecular weight excluding hydrogens is 192 g/mol. The van der Waals surface area contributed by atoms with Gasteiger partial charge in [0.2, 0.25) is 0 Å². The van der Waals surface area contributed by atoms with Crippen molar-refractivity contribution in [1.29, 1.82) is 0 Å². The van der Waals surface area contributed by atoms with Gasteiger partial charge in [0.05, 0.1) is 0 Å². The minimum atomic E-state index is 0.946. The van der Waals surface area contributed by atoms with Crippen LogP contribution in [0.1, 0.15) is 85.0 Å². The Kier molecular flexibility index (Phi) is 7.16. The molecule has 0 heterocycles. The van der Waals surface area contributed by atoms with Gasteiger partial charge in [-0.15, -0.1) is 0 Å². The van der Waals surface area contributed by atoms with Gasteiger partial charge >= 0.3 is 0 Å². The molecule has 0 N–H and O–H groups in total. The first-order valence-electron chi connectivity index (χ1n) is 7.72. The molecule has 0 saturated heterocycles. The molecule has 0 nitrogen and oxygen atoms in total. The fourth-order valence-corrected chi connectivity index (χ4v) is 2.98. The Labute approximate surface area is 103 Å². The first kappa shape index (κ1) is 14.1. The maximum absolute atomic E-state index is 2.46. The number of hydrogen-bond acceptors (Lipinski definition) is 0. The lowest BCUT2D eigenvalue weighted by atomic mass is 9.91. The smallest absolute Gasteiger partial charge is 0.0414 e. The second-order valence-corrected chi connectivity index (χ2v) is 6.28. The molecule has 0 bridgehead atoms. The van der Waals surface area contributed by atoms with Crippen molar-refractivity contribution in [2.24, 2.45) is 17.8 Å². The molecule has 2 atom stereocenters. The molecule has 1 rings (SSSR count). The zero-order valence-electron chi connectivity index (χ0n) is 11.8. The lowest BCUT2D eigenvalue weighted by molar-refractivity contribution is 0.375. The van der Waals surface area contributed by atoms with Crippen LogP contribution in [0.5, 0.6) is 0 Å². The maximum atomic E-state index is 2.46. The monoisotopic (exact) mass is 224 g/mol. The van der Waals surface area contributed by atoms with Crippen molar-refractivity contribution in [2.75, 3.05) is 0 Å². The lowest BCUT2D eigenvalue weighted by Gasteiger charge is -2.15. The second kappa shape index (κ2) is 8.14. The largest absolute Gasteiger partial charge is 0.0651 e. The predicted octanol–water partition coefficient (Wildman–Crippen LogP) is 5.81. The topological polar surface area (TPSA) is 0 Å². The van der Waals surface area contributed by atoms with Crippen molar-refractivity contribution < 1.29 is 0 Å². The molecular formula is C16H32. The summed E-state index contributed by atoms with van der Waals surface area (Å²) in [5, 5.41) is 0. The van der Waals surface area contributed by atoms with Gasteiger partial charge < -0.3 is 0 Å². The van der Waals surface area contributed by atoms with E-state index in [9.17, 15) is 0 Å². The molecule has 0 aliphatic heterocycles. The van der Waals surface area contributed by atoms with E-state index in [-0.39, 0.29) is 0 Å². The molecule has 0 aromatic carbocycles. The van der Waals surface area contributed by atoms with E-state index in [1.54, 1.807) is 0 Å². The summed E-state index contributed by atoms with van der Waals surface area (Å²) in [4.78, 5) is 0. The minimum Gasteiger partial charge on any atom is -0.0651 e. The normalized spacial score (nSPS) is 21.2. The van der Waals surface area contributed by atoms with Gasteiger partial charge in [-0.05, 0) is 17.8 Å². The van der Waals surface area contributed by atoms with Crippen LogP contribution in [0.3, 0.4) is 0 Å². The molecule has 0 aromatic rings. The van der Waals surface area contributed by atoms with Crippen molar-refractivity contribution in [3.63, 3.8) is 0 Å². The van der Waals surface area contributed by atoms with E-state index in [1.807, 2.05) is 0 Å². The Balaban J connectivity index is 1.95. The summed E-state index contributed by atoms with van der Waals surface area (Å²) in [7, 11) is 0. The molecule has 1 fully saturated rings. The third-order valence-corrected chi connectivity index (χ3v) is 4.63. The Morgan fingerprint density at radius 3 is 2.19 bits per heavy atom. The van der Waals surface area contributed by atoms with E-state index in [2.05, 4.69) is 20.8 Å². The van der Waals surface area contributed by atoms with Crippen molar-refractivity contribution in [3.8, 4) is 0 Å². The molecule has 16 heavy (non-hydrogen) atoms. The Morgan fingerprint density at radius 2 is 1.56 bits per heavy atom. The molecule has 0 aromatic heterocycles. The molecule has 1 saturated carbocycles. The lowest BCUT2D eigenvalue weighted by Crippen LogP contribution is -2.01. The Bertz CT molecular complexity index is 155. The van der Waals surface area contributed by atoms with E-state index < -0.39 is 0 Å². The summed E-state index contributed by atoms with van der Waals surface area (Å²) >= 11 is 0. The van der Waals surface area contributed by atoms with Crippen LogP contribution >= 0.6 is 0 Å². The van der Waals surface area contributed by atoms with Crippen molar-refractivity contribution in [2.45, 2.75) is 85.0 Å². The summed E-state index contributed by atoms with van der Waals surface area (Å²) < 4.78 is 0. The standard InChI is InChI=1S/C16H32/c1-4-14(2)8-7-9-15(3)12-13-16-10-5-6-11-16/h14-16H,4-13H2,1-3H3. The Morgan fingerprint density at radius 1 is 0.938 bits per heavy atom. The average molecular weight is 224 g/mol. The third-order valence-electron chi connectivity index (χ3n) is 4.63. The van der Waals surface area contributed by atoms with E-state index >= 15 is 0 Å². The molecule has 2 unspecified atom stereocenters. The number of hydrogen-bond donors (Lipinski definition) is 0. The molecule has 0 amide bonds. The SMILES string of the molecule is CCC(C)CCCC(C)CCC1CCCC1. The molecule has 0 radical (unpaired) electrons. The summed E-state index contributed by atoms with van der Waals surface area (Å²) in [6.07, 6.45) is 14.8. The van der Waals surface area contributed by atoms with Gasteiger partial charge in [-0.3, -0.25) is 0 Å². The zero-order valence-corrected chi connectivity index (χ0v) is 11.8. The van der Waals surface area contributed by atoms with Gasteiger partial charge in [0, 0.05) is 0 Å². The fourth-order valence-electron chi connectivity index (χ4n) is 2.98. The van der Waals surface area contributed by atoms with Crippen molar-refractivity contribution in [3.05, 3.63) is 0 Å². The van der Waals surface area contributed by atoms with Crippen LogP contribution in [0.15, 0.2) is 0 Å². The van der Waals surface area contributed by atoms with Crippen LogP contribution < -0.4 is 0 Å². The molecule has 0 heteroatoms. The quantitative estimate of drug-likeness (QED) is 0.488. The summed E-state index contributed by atoms with van der Waals surface area (Å²) in [6.45, 7) is 7.17. The van der Waals surface area contributed by atoms with E-state index in [0.717, 1.165) is 17.8 Å². The highest BCUT2D eigenvalue weighted by Crippen LogP contribution is 2.30. The predicted molar refractivity (Wildman–Crippen MR) is 73.7 cm³/mol. The van der Waals surface area contributed by atoms with Crippen LogP contribution in [-0.4, -0.2) is 0 Å². The zero-order chi connectivity index (χ0) is 11.8. The van der Waals surface area contributed by atoms with Gasteiger partial charge in [-0.2, -0.15) is 0 Å². The first-order chi connectivity index (χ1) is 7.72. The highest BCUT2D eigenvalue weighted by molar-refractivity contribution is 4.68. The van der Waals surface area contributed by atoms with Gasteiger partial charge in [0.25, 0.3) is 0 Å². The average Bonchev–Trinajstić information content (AvgIpc) is 2.79. The van der Waals surface area contributed by atoms with Crippen molar-refractivity contribution >= 4 is 0 Å². The van der Waals surface area contributed by atoms with Gasteiger partial charge in [0.1, 0.15) is 0 Å². The van der Waals surface area contributed by atoms with Crippen LogP contribution in [0.4, 0.5) is 0 Å². The van der Waals surface area contributed by atoms with E-state index in [4.69, 9.17) is 0 Å². The van der Waals surface area contributed by atoms with E-state index in [1.165, 1.54) is 64.2 Å². The first-order valence-corrected chi connectivity index (χ1v) is 7.72.